The van der Waals surface area contributed by atoms with Crippen LogP contribution in [0.4, 0.5) is 0 Å². The SMILES string of the molecule is COc1cccc(C(=O)N2CCN([C@@H](C(=O)NCc3ccco3)C3CCCC3)CC2)c1. The molecular weight excluding hydrogens is 394 g/mol. The van der Waals surface area contributed by atoms with Gasteiger partial charge in [0.15, 0.2) is 0 Å². The number of hydrogen-bond donors (Lipinski definition) is 1. The molecule has 1 aromatic carbocycles. The highest BCUT2D eigenvalue weighted by Gasteiger charge is 2.37. The van der Waals surface area contributed by atoms with Crippen LogP contribution in [-0.2, 0) is 11.3 Å². The lowest BCUT2D eigenvalue weighted by Gasteiger charge is -2.40. The maximum atomic E-state index is 13.1. The van der Waals surface area contributed by atoms with Crippen molar-refractivity contribution < 1.29 is 18.7 Å². The number of benzene rings is 1. The third-order valence-electron chi connectivity index (χ3n) is 6.44. The number of carbonyl (C=O) groups is 2. The Kier molecular flexibility index (Phi) is 6.92. The molecule has 1 N–H and O–H groups in total. The van der Waals surface area contributed by atoms with E-state index in [4.69, 9.17) is 9.15 Å². The molecule has 2 amide bonds. The maximum Gasteiger partial charge on any atom is 0.254 e. The molecule has 0 unspecified atom stereocenters. The van der Waals surface area contributed by atoms with Gasteiger partial charge in [0.25, 0.3) is 5.91 Å². The predicted molar refractivity (Wildman–Crippen MR) is 117 cm³/mol. The number of methoxy groups -OCH3 is 1. The Balaban J connectivity index is 1.38. The Hall–Kier alpha value is -2.80. The molecule has 31 heavy (non-hydrogen) atoms. The fourth-order valence-corrected chi connectivity index (χ4v) is 4.78. The summed E-state index contributed by atoms with van der Waals surface area (Å²) in [5.74, 6) is 1.89. The number of nitrogens with zero attached hydrogens (tertiary/aromatic N) is 2. The highest BCUT2D eigenvalue weighted by atomic mass is 16.5. The molecule has 2 aromatic rings. The molecule has 0 radical (unpaired) electrons. The van der Waals surface area contributed by atoms with Gasteiger partial charge in [0.1, 0.15) is 11.5 Å². The predicted octanol–water partition coefficient (Wildman–Crippen LogP) is 2.92. The lowest BCUT2D eigenvalue weighted by molar-refractivity contribution is -0.129. The van der Waals surface area contributed by atoms with Crippen LogP contribution >= 0.6 is 0 Å². The van der Waals surface area contributed by atoms with Crippen LogP contribution < -0.4 is 10.1 Å². The summed E-state index contributed by atoms with van der Waals surface area (Å²) >= 11 is 0. The number of piperazine rings is 1. The number of rotatable bonds is 7. The molecule has 1 aromatic heterocycles. The van der Waals surface area contributed by atoms with Crippen molar-refractivity contribution in [2.75, 3.05) is 33.3 Å². The normalized spacial score (nSPS) is 18.7. The molecule has 1 aliphatic carbocycles. The number of hydrogen-bond acceptors (Lipinski definition) is 5. The van der Waals surface area contributed by atoms with E-state index in [1.165, 1.54) is 12.8 Å². The zero-order valence-electron chi connectivity index (χ0n) is 18.1. The van der Waals surface area contributed by atoms with Crippen LogP contribution in [0, 0.1) is 5.92 Å². The van der Waals surface area contributed by atoms with E-state index in [1.54, 1.807) is 19.4 Å². The van der Waals surface area contributed by atoms with Crippen molar-refractivity contribution in [3.8, 4) is 5.75 Å². The van der Waals surface area contributed by atoms with Gasteiger partial charge >= 0.3 is 0 Å². The smallest absolute Gasteiger partial charge is 0.254 e. The fraction of sp³-hybridized carbons (Fsp3) is 0.500. The first kappa shape index (κ1) is 21.4. The number of furan rings is 1. The maximum absolute atomic E-state index is 13.1. The van der Waals surface area contributed by atoms with Gasteiger partial charge in [-0.15, -0.1) is 0 Å². The van der Waals surface area contributed by atoms with E-state index in [2.05, 4.69) is 10.2 Å². The van der Waals surface area contributed by atoms with E-state index in [0.717, 1.165) is 18.6 Å². The van der Waals surface area contributed by atoms with Crippen LogP contribution in [-0.4, -0.2) is 60.9 Å². The van der Waals surface area contributed by atoms with E-state index < -0.39 is 0 Å². The molecule has 1 saturated heterocycles. The van der Waals surface area contributed by atoms with Crippen molar-refractivity contribution in [3.63, 3.8) is 0 Å². The molecule has 166 valence electrons. The molecule has 0 bridgehead atoms. The molecule has 7 heteroatoms. The Morgan fingerprint density at radius 2 is 1.90 bits per heavy atom. The first-order valence-electron chi connectivity index (χ1n) is 11.1. The summed E-state index contributed by atoms with van der Waals surface area (Å²) in [6.07, 6.45) is 6.15. The third-order valence-corrected chi connectivity index (χ3v) is 6.44. The molecular formula is C24H31N3O4. The van der Waals surface area contributed by atoms with Gasteiger partial charge in [-0.1, -0.05) is 18.9 Å². The first-order chi connectivity index (χ1) is 15.2. The number of carbonyl (C=O) groups excluding carboxylic acids is 2. The molecule has 0 spiro atoms. The minimum atomic E-state index is -0.147. The van der Waals surface area contributed by atoms with Crippen molar-refractivity contribution >= 4 is 11.8 Å². The summed E-state index contributed by atoms with van der Waals surface area (Å²) in [7, 11) is 1.60. The standard InChI is InChI=1S/C24H31N3O4/c1-30-20-9-4-8-19(16-20)24(29)27-13-11-26(12-14-27)22(18-6-2-3-7-18)23(28)25-17-21-10-5-15-31-21/h4-5,8-10,15-16,18,22H,2-3,6-7,11-14,17H2,1H3,(H,25,28)/t22-/m1/s1. The minimum Gasteiger partial charge on any atom is -0.497 e. The zero-order valence-corrected chi connectivity index (χ0v) is 18.1. The summed E-state index contributed by atoms with van der Waals surface area (Å²) in [5, 5.41) is 3.06. The van der Waals surface area contributed by atoms with Gasteiger partial charge < -0.3 is 19.4 Å². The quantitative estimate of drug-likeness (QED) is 0.738. The Bertz CT molecular complexity index is 869. The first-order valence-corrected chi connectivity index (χ1v) is 11.1. The minimum absolute atomic E-state index is 0.0123. The second-order valence-corrected chi connectivity index (χ2v) is 8.35. The van der Waals surface area contributed by atoms with Gasteiger partial charge in [0.2, 0.25) is 5.91 Å². The summed E-state index contributed by atoms with van der Waals surface area (Å²) in [4.78, 5) is 30.2. The molecule has 4 rings (SSSR count). The second kappa shape index (κ2) is 10.0. The van der Waals surface area contributed by atoms with Gasteiger partial charge in [-0.2, -0.15) is 0 Å². The van der Waals surface area contributed by atoms with Gasteiger partial charge in [-0.05, 0) is 49.1 Å². The van der Waals surface area contributed by atoms with Crippen LogP contribution in [0.1, 0.15) is 41.8 Å². The molecule has 7 nitrogen and oxygen atoms in total. The van der Waals surface area contributed by atoms with E-state index in [9.17, 15) is 9.59 Å². The van der Waals surface area contributed by atoms with Crippen LogP contribution in [0.15, 0.2) is 47.1 Å². The van der Waals surface area contributed by atoms with Crippen molar-refractivity contribution in [1.29, 1.82) is 0 Å². The molecule has 1 atom stereocenters. The van der Waals surface area contributed by atoms with Crippen molar-refractivity contribution in [1.82, 2.24) is 15.1 Å². The summed E-state index contributed by atoms with van der Waals surface area (Å²) < 4.78 is 10.6. The van der Waals surface area contributed by atoms with Gasteiger partial charge in [0.05, 0.1) is 26.0 Å². The lowest BCUT2D eigenvalue weighted by atomic mass is 9.95. The zero-order chi connectivity index (χ0) is 21.6. The second-order valence-electron chi connectivity index (χ2n) is 8.35. The highest BCUT2D eigenvalue weighted by Crippen LogP contribution is 2.31. The van der Waals surface area contributed by atoms with E-state index in [0.29, 0.717) is 50.0 Å². The van der Waals surface area contributed by atoms with Gasteiger partial charge in [-0.25, -0.2) is 0 Å². The average Bonchev–Trinajstić information content (AvgIpc) is 3.52. The van der Waals surface area contributed by atoms with Crippen LogP contribution in [0.3, 0.4) is 0 Å². The van der Waals surface area contributed by atoms with Crippen molar-refractivity contribution in [2.45, 2.75) is 38.3 Å². The lowest BCUT2D eigenvalue weighted by Crippen LogP contribution is -2.57. The van der Waals surface area contributed by atoms with Crippen molar-refractivity contribution in [3.05, 3.63) is 54.0 Å². The van der Waals surface area contributed by atoms with Crippen LogP contribution in [0.5, 0.6) is 5.75 Å². The summed E-state index contributed by atoms with van der Waals surface area (Å²) in [6, 6.07) is 10.8. The van der Waals surface area contributed by atoms with Crippen LogP contribution in [0.25, 0.3) is 0 Å². The van der Waals surface area contributed by atoms with E-state index in [-0.39, 0.29) is 17.9 Å². The van der Waals surface area contributed by atoms with E-state index >= 15 is 0 Å². The van der Waals surface area contributed by atoms with Gasteiger partial charge in [0, 0.05) is 31.7 Å². The number of nitrogens with one attached hydrogen (secondary N) is 1. The van der Waals surface area contributed by atoms with Gasteiger partial charge in [-0.3, -0.25) is 14.5 Å². The monoisotopic (exact) mass is 425 g/mol. The molecule has 2 aliphatic rings. The Morgan fingerprint density at radius 1 is 1.13 bits per heavy atom. The molecule has 2 fully saturated rings. The Morgan fingerprint density at radius 3 is 2.58 bits per heavy atom. The van der Waals surface area contributed by atoms with Crippen LogP contribution in [0.2, 0.25) is 0 Å². The average molecular weight is 426 g/mol. The van der Waals surface area contributed by atoms with E-state index in [1.807, 2.05) is 35.2 Å². The molecule has 1 saturated carbocycles. The topological polar surface area (TPSA) is 75.0 Å². The Labute approximate surface area is 183 Å². The molecule has 1 aliphatic heterocycles. The summed E-state index contributed by atoms with van der Waals surface area (Å²) in [6.45, 7) is 3.04. The highest BCUT2D eigenvalue weighted by molar-refractivity contribution is 5.94. The largest absolute Gasteiger partial charge is 0.497 e. The number of amides is 2. The summed E-state index contributed by atoms with van der Waals surface area (Å²) in [5.41, 5.74) is 0.635. The fourth-order valence-electron chi connectivity index (χ4n) is 4.78. The molecule has 2 heterocycles. The van der Waals surface area contributed by atoms with Crippen molar-refractivity contribution in [2.24, 2.45) is 5.92 Å². The number of ether oxygens (including phenoxy) is 1. The third kappa shape index (κ3) is 5.10.